The number of hydrogen-bond acceptors (Lipinski definition) is 2. The fourth-order valence-electron chi connectivity index (χ4n) is 1.88. The second-order valence-corrected chi connectivity index (χ2v) is 6.71. The van der Waals surface area contributed by atoms with Crippen LogP contribution in [0.15, 0.2) is 18.2 Å². The van der Waals surface area contributed by atoms with Crippen LogP contribution in [0.2, 0.25) is 10.0 Å². The Hall–Kier alpha value is -0.490. The number of rotatable bonds is 3. The smallest absolute Gasteiger partial charge is 0.269 e. The number of piperidine rings is 1. The van der Waals surface area contributed by atoms with Gasteiger partial charge in [-0.05, 0) is 31.0 Å². The summed E-state index contributed by atoms with van der Waals surface area (Å²) in [6.07, 6.45) is 2.86. The molecule has 2 rings (SSSR count). The molecule has 0 atom stereocenters. The highest BCUT2D eigenvalue weighted by molar-refractivity contribution is 7.90. The van der Waals surface area contributed by atoms with Gasteiger partial charge in [0.05, 0.1) is 10.7 Å². The van der Waals surface area contributed by atoms with Crippen molar-refractivity contribution < 1.29 is 8.42 Å². The lowest BCUT2D eigenvalue weighted by Crippen LogP contribution is -2.39. The zero-order valence-electron chi connectivity index (χ0n) is 9.70. The maximum Gasteiger partial charge on any atom is 0.301 e. The van der Waals surface area contributed by atoms with Gasteiger partial charge in [0.25, 0.3) is 0 Å². The molecule has 0 spiro atoms. The lowest BCUT2D eigenvalue weighted by Gasteiger charge is -2.26. The molecule has 1 fully saturated rings. The maximum atomic E-state index is 12.1. The Morgan fingerprint density at radius 3 is 2.44 bits per heavy atom. The summed E-state index contributed by atoms with van der Waals surface area (Å²) >= 11 is 11.8. The summed E-state index contributed by atoms with van der Waals surface area (Å²) in [5.41, 5.74) is 0.315. The van der Waals surface area contributed by atoms with Gasteiger partial charge in [-0.3, -0.25) is 4.72 Å². The van der Waals surface area contributed by atoms with Crippen LogP contribution in [0.3, 0.4) is 0 Å². The summed E-state index contributed by atoms with van der Waals surface area (Å²) in [5, 5.41) is 0.774. The van der Waals surface area contributed by atoms with Gasteiger partial charge in [0.2, 0.25) is 0 Å². The van der Waals surface area contributed by atoms with E-state index in [9.17, 15) is 8.42 Å². The summed E-state index contributed by atoms with van der Waals surface area (Å²) in [6.45, 7) is 1.10. The summed E-state index contributed by atoms with van der Waals surface area (Å²) < 4.78 is 28.2. The van der Waals surface area contributed by atoms with Crippen molar-refractivity contribution in [3.63, 3.8) is 0 Å². The van der Waals surface area contributed by atoms with Crippen LogP contribution < -0.4 is 4.72 Å². The largest absolute Gasteiger partial charge is 0.301 e. The van der Waals surface area contributed by atoms with Crippen molar-refractivity contribution >= 4 is 39.1 Å². The number of anilines is 1. The highest BCUT2D eigenvalue weighted by Crippen LogP contribution is 2.27. The second-order valence-electron chi connectivity index (χ2n) is 4.19. The van der Waals surface area contributed by atoms with Gasteiger partial charge in [-0.2, -0.15) is 12.7 Å². The molecule has 7 heteroatoms. The minimum Gasteiger partial charge on any atom is -0.269 e. The van der Waals surface area contributed by atoms with E-state index in [1.165, 1.54) is 10.4 Å². The van der Waals surface area contributed by atoms with Crippen LogP contribution >= 0.6 is 23.2 Å². The molecule has 1 heterocycles. The molecule has 0 unspecified atom stereocenters. The molecule has 0 radical (unpaired) electrons. The van der Waals surface area contributed by atoms with E-state index in [1.54, 1.807) is 12.1 Å². The minimum atomic E-state index is -3.54. The molecule has 0 aliphatic carbocycles. The number of halogens is 2. The summed E-state index contributed by atoms with van der Waals surface area (Å²) in [6, 6.07) is 4.69. The predicted octanol–water partition coefficient (Wildman–Crippen LogP) is 3.14. The summed E-state index contributed by atoms with van der Waals surface area (Å²) in [7, 11) is -3.54. The van der Waals surface area contributed by atoms with E-state index in [0.717, 1.165) is 19.3 Å². The lowest BCUT2D eigenvalue weighted by molar-refractivity contribution is 0.349. The van der Waals surface area contributed by atoms with E-state index >= 15 is 0 Å². The first kappa shape index (κ1) is 13.9. The molecule has 1 aliphatic rings. The van der Waals surface area contributed by atoms with Gasteiger partial charge >= 0.3 is 10.2 Å². The molecule has 18 heavy (non-hydrogen) atoms. The van der Waals surface area contributed by atoms with Crippen molar-refractivity contribution in [1.29, 1.82) is 0 Å². The Morgan fingerprint density at radius 2 is 1.78 bits per heavy atom. The normalized spacial score (nSPS) is 17.7. The first-order valence-corrected chi connectivity index (χ1v) is 7.91. The zero-order valence-corrected chi connectivity index (χ0v) is 12.0. The third-order valence-electron chi connectivity index (χ3n) is 2.82. The predicted molar refractivity (Wildman–Crippen MR) is 74.4 cm³/mol. The van der Waals surface area contributed by atoms with E-state index in [2.05, 4.69) is 4.72 Å². The lowest BCUT2D eigenvalue weighted by atomic mass is 10.2. The van der Waals surface area contributed by atoms with Gasteiger partial charge in [-0.1, -0.05) is 29.6 Å². The fraction of sp³-hybridized carbons (Fsp3) is 0.455. The Balaban J connectivity index is 2.18. The molecule has 1 aliphatic heterocycles. The SMILES string of the molecule is O=S(=O)(Nc1cc(Cl)ccc1Cl)N1CCCCC1. The highest BCUT2D eigenvalue weighted by Gasteiger charge is 2.24. The third-order valence-corrected chi connectivity index (χ3v) is 4.91. The Morgan fingerprint density at radius 1 is 1.11 bits per heavy atom. The average Bonchev–Trinajstić information content (AvgIpc) is 2.35. The van der Waals surface area contributed by atoms with Crippen LogP contribution in [-0.4, -0.2) is 25.8 Å². The van der Waals surface area contributed by atoms with E-state index < -0.39 is 10.2 Å². The number of nitrogens with one attached hydrogen (secondary N) is 1. The van der Waals surface area contributed by atoms with Crippen LogP contribution in [0.5, 0.6) is 0 Å². The Labute approximate surface area is 117 Å². The Kier molecular flexibility index (Phi) is 4.37. The molecule has 1 saturated heterocycles. The molecule has 1 aromatic rings. The van der Waals surface area contributed by atoms with Crippen LogP contribution in [0, 0.1) is 0 Å². The van der Waals surface area contributed by atoms with Gasteiger partial charge in [0, 0.05) is 18.1 Å². The molecule has 0 aromatic heterocycles. The van der Waals surface area contributed by atoms with Crippen molar-refractivity contribution in [3.8, 4) is 0 Å². The number of hydrogen-bond donors (Lipinski definition) is 1. The molecule has 1 N–H and O–H groups in total. The van der Waals surface area contributed by atoms with Gasteiger partial charge in [0.1, 0.15) is 0 Å². The van der Waals surface area contributed by atoms with Crippen molar-refractivity contribution in [1.82, 2.24) is 4.31 Å². The fourth-order valence-corrected chi connectivity index (χ4v) is 3.59. The number of nitrogens with zero attached hydrogens (tertiary/aromatic N) is 1. The van der Waals surface area contributed by atoms with E-state index in [4.69, 9.17) is 23.2 Å². The van der Waals surface area contributed by atoms with E-state index in [-0.39, 0.29) is 0 Å². The van der Waals surface area contributed by atoms with Crippen molar-refractivity contribution in [3.05, 3.63) is 28.2 Å². The van der Waals surface area contributed by atoms with Gasteiger partial charge < -0.3 is 0 Å². The summed E-state index contributed by atoms with van der Waals surface area (Å²) in [4.78, 5) is 0. The quantitative estimate of drug-likeness (QED) is 0.932. The first-order chi connectivity index (χ1) is 8.49. The topological polar surface area (TPSA) is 49.4 Å². The van der Waals surface area contributed by atoms with Gasteiger partial charge in [-0.15, -0.1) is 0 Å². The minimum absolute atomic E-state index is 0.315. The van der Waals surface area contributed by atoms with Crippen molar-refractivity contribution in [2.75, 3.05) is 17.8 Å². The van der Waals surface area contributed by atoms with Gasteiger partial charge in [-0.25, -0.2) is 0 Å². The third kappa shape index (κ3) is 3.29. The van der Waals surface area contributed by atoms with Crippen LogP contribution in [-0.2, 0) is 10.2 Å². The molecule has 0 saturated carbocycles. The zero-order chi connectivity index (χ0) is 13.2. The first-order valence-electron chi connectivity index (χ1n) is 5.72. The Bertz CT molecular complexity index is 528. The average molecular weight is 309 g/mol. The standard InChI is InChI=1S/C11H14Cl2N2O2S/c12-9-4-5-10(13)11(8-9)14-18(16,17)15-6-2-1-3-7-15/h4-5,8,14H,1-3,6-7H2. The molecular weight excluding hydrogens is 295 g/mol. The monoisotopic (exact) mass is 308 g/mol. The highest BCUT2D eigenvalue weighted by atomic mass is 35.5. The van der Waals surface area contributed by atoms with Crippen molar-refractivity contribution in [2.24, 2.45) is 0 Å². The molecule has 0 amide bonds. The molecule has 1 aromatic carbocycles. The number of benzene rings is 1. The van der Waals surface area contributed by atoms with E-state index in [1.807, 2.05) is 0 Å². The maximum absolute atomic E-state index is 12.1. The van der Waals surface area contributed by atoms with Crippen LogP contribution in [0.25, 0.3) is 0 Å². The van der Waals surface area contributed by atoms with E-state index in [0.29, 0.717) is 28.8 Å². The van der Waals surface area contributed by atoms with Crippen LogP contribution in [0.4, 0.5) is 5.69 Å². The molecule has 0 bridgehead atoms. The second kappa shape index (κ2) is 5.65. The molecular formula is C11H14Cl2N2O2S. The van der Waals surface area contributed by atoms with Crippen molar-refractivity contribution in [2.45, 2.75) is 19.3 Å². The molecule has 4 nitrogen and oxygen atoms in total. The molecule has 100 valence electrons. The van der Waals surface area contributed by atoms with Gasteiger partial charge in [0.15, 0.2) is 0 Å². The van der Waals surface area contributed by atoms with Crippen LogP contribution in [0.1, 0.15) is 19.3 Å². The summed E-state index contributed by atoms with van der Waals surface area (Å²) in [5.74, 6) is 0.